The Morgan fingerprint density at radius 1 is 1.19 bits per heavy atom. The minimum atomic E-state index is -0.314. The number of hydrogen-bond acceptors (Lipinski definition) is 4. The number of phenolic OH excluding ortho intramolecular Hbond substituents is 1. The summed E-state index contributed by atoms with van der Waals surface area (Å²) in [6.45, 7) is 7.11. The van der Waals surface area contributed by atoms with E-state index >= 15 is 0 Å². The van der Waals surface area contributed by atoms with E-state index in [0.717, 1.165) is 31.5 Å². The topological polar surface area (TPSA) is 65.0 Å². The third kappa shape index (κ3) is 7.12. The Hall–Kier alpha value is -2.80. The fourth-order valence-corrected chi connectivity index (χ4v) is 3.66. The lowest BCUT2D eigenvalue weighted by molar-refractivity contribution is 0.175. The number of rotatable bonds is 8. The van der Waals surface area contributed by atoms with Gasteiger partial charge in [0.25, 0.3) is 0 Å². The van der Waals surface area contributed by atoms with Crippen LogP contribution in [0.15, 0.2) is 42.5 Å². The molecule has 6 nitrogen and oxygen atoms in total. The van der Waals surface area contributed by atoms with Crippen LogP contribution in [0.25, 0.3) is 0 Å². The normalized spacial score (nSPS) is 15.0. The van der Waals surface area contributed by atoms with Crippen LogP contribution in [0.2, 0.25) is 0 Å². The zero-order valence-electron chi connectivity index (χ0n) is 19.2. The molecular weight excluding hydrogens is 409 g/mol. The highest BCUT2D eigenvalue weighted by molar-refractivity contribution is 5.74. The molecule has 1 heterocycles. The molecule has 0 saturated carbocycles. The van der Waals surface area contributed by atoms with Gasteiger partial charge >= 0.3 is 6.03 Å². The Balaban J connectivity index is 1.72. The maximum absolute atomic E-state index is 13.3. The summed E-state index contributed by atoms with van der Waals surface area (Å²) in [5.74, 6) is 0.750. The van der Waals surface area contributed by atoms with Gasteiger partial charge in [-0.25, -0.2) is 9.18 Å². The number of hydrogen-bond donors (Lipinski definition) is 2. The number of halogens is 1. The molecule has 3 rings (SSSR count). The van der Waals surface area contributed by atoms with E-state index in [1.54, 1.807) is 29.2 Å². The first-order chi connectivity index (χ1) is 15.3. The molecular formula is C25H34FN3O3. The van der Waals surface area contributed by atoms with Crippen molar-refractivity contribution in [3.05, 3.63) is 59.4 Å². The van der Waals surface area contributed by atoms with Crippen LogP contribution in [0.5, 0.6) is 11.5 Å². The van der Waals surface area contributed by atoms with Crippen molar-refractivity contribution >= 4 is 6.03 Å². The van der Waals surface area contributed by atoms with E-state index in [1.807, 2.05) is 6.07 Å². The molecule has 1 fully saturated rings. The van der Waals surface area contributed by atoms with Crippen molar-refractivity contribution in [2.45, 2.75) is 45.8 Å². The number of benzene rings is 2. The Bertz CT molecular complexity index is 881. The van der Waals surface area contributed by atoms with Crippen molar-refractivity contribution < 1.29 is 19.0 Å². The fourth-order valence-electron chi connectivity index (χ4n) is 3.66. The third-order valence-corrected chi connectivity index (χ3v) is 5.62. The van der Waals surface area contributed by atoms with E-state index in [2.05, 4.69) is 31.1 Å². The third-order valence-electron chi connectivity index (χ3n) is 5.62. The number of nitrogens with zero attached hydrogens (tertiary/aromatic N) is 2. The van der Waals surface area contributed by atoms with Crippen LogP contribution in [-0.2, 0) is 13.1 Å². The van der Waals surface area contributed by atoms with Crippen LogP contribution < -0.4 is 10.1 Å². The van der Waals surface area contributed by atoms with Gasteiger partial charge in [-0.1, -0.05) is 26.0 Å². The second kappa shape index (κ2) is 11.2. The van der Waals surface area contributed by atoms with E-state index in [1.165, 1.54) is 12.1 Å². The summed E-state index contributed by atoms with van der Waals surface area (Å²) >= 11 is 0. The Morgan fingerprint density at radius 3 is 2.50 bits per heavy atom. The van der Waals surface area contributed by atoms with Gasteiger partial charge in [0.15, 0.2) is 0 Å². The molecule has 0 spiro atoms. The molecule has 32 heavy (non-hydrogen) atoms. The molecule has 0 unspecified atom stereocenters. The summed E-state index contributed by atoms with van der Waals surface area (Å²) in [6.07, 6.45) is 1.81. The van der Waals surface area contributed by atoms with E-state index in [4.69, 9.17) is 4.74 Å². The SMILES string of the molecule is CC(C)COc1ccc(CN(Cc2ccc(F)cc2)C(=O)NC2CCN(C)CC2)c(O)c1. The summed E-state index contributed by atoms with van der Waals surface area (Å²) in [7, 11) is 2.08. The van der Waals surface area contributed by atoms with Gasteiger partial charge in [0.1, 0.15) is 17.3 Å². The summed E-state index contributed by atoms with van der Waals surface area (Å²) in [5.41, 5.74) is 1.45. The first-order valence-electron chi connectivity index (χ1n) is 11.2. The van der Waals surface area contributed by atoms with Crippen LogP contribution in [0.1, 0.15) is 37.8 Å². The molecule has 0 aliphatic carbocycles. The minimum Gasteiger partial charge on any atom is -0.507 e. The molecule has 174 valence electrons. The monoisotopic (exact) mass is 443 g/mol. The van der Waals surface area contributed by atoms with Crippen molar-refractivity contribution in [2.75, 3.05) is 26.7 Å². The lowest BCUT2D eigenvalue weighted by Gasteiger charge is -2.32. The number of piperidine rings is 1. The number of carbonyl (C=O) groups excluding carboxylic acids is 1. The summed E-state index contributed by atoms with van der Waals surface area (Å²) in [4.78, 5) is 17.0. The first-order valence-corrected chi connectivity index (χ1v) is 11.2. The molecule has 1 aliphatic heterocycles. The Labute approximate surface area is 190 Å². The van der Waals surface area contributed by atoms with Crippen molar-refractivity contribution in [3.63, 3.8) is 0 Å². The average molecular weight is 444 g/mol. The number of nitrogens with one attached hydrogen (secondary N) is 1. The number of carbonyl (C=O) groups is 1. The number of amides is 2. The van der Waals surface area contributed by atoms with Crippen LogP contribution in [0, 0.1) is 11.7 Å². The molecule has 1 aliphatic rings. The van der Waals surface area contributed by atoms with Crippen LogP contribution in [-0.4, -0.2) is 53.7 Å². The predicted molar refractivity (Wildman–Crippen MR) is 123 cm³/mol. The fraction of sp³-hybridized carbons (Fsp3) is 0.480. The lowest BCUT2D eigenvalue weighted by atomic mass is 10.1. The summed E-state index contributed by atoms with van der Waals surface area (Å²) < 4.78 is 19.0. The summed E-state index contributed by atoms with van der Waals surface area (Å²) in [6, 6.07) is 11.2. The van der Waals surface area contributed by atoms with Gasteiger partial charge in [-0.2, -0.15) is 0 Å². The molecule has 2 amide bonds. The molecule has 0 aromatic heterocycles. The highest BCUT2D eigenvalue weighted by atomic mass is 19.1. The number of phenols is 1. The van der Waals surface area contributed by atoms with Crippen molar-refractivity contribution in [2.24, 2.45) is 5.92 Å². The van der Waals surface area contributed by atoms with Gasteiger partial charge in [-0.3, -0.25) is 0 Å². The molecule has 0 radical (unpaired) electrons. The summed E-state index contributed by atoms with van der Waals surface area (Å²) in [5, 5.41) is 13.7. The van der Waals surface area contributed by atoms with Gasteiger partial charge in [-0.15, -0.1) is 0 Å². The maximum Gasteiger partial charge on any atom is 0.318 e. The molecule has 2 aromatic carbocycles. The highest BCUT2D eigenvalue weighted by Gasteiger charge is 2.23. The number of aromatic hydroxyl groups is 1. The predicted octanol–water partition coefficient (Wildman–Crippen LogP) is 4.37. The average Bonchev–Trinajstić information content (AvgIpc) is 2.76. The van der Waals surface area contributed by atoms with Gasteiger partial charge < -0.3 is 25.0 Å². The molecule has 2 aromatic rings. The van der Waals surface area contributed by atoms with Gasteiger partial charge in [0, 0.05) is 24.2 Å². The number of likely N-dealkylation sites (tertiary alicyclic amines) is 1. The van der Waals surface area contributed by atoms with Crippen LogP contribution in [0.3, 0.4) is 0 Å². The Morgan fingerprint density at radius 2 is 1.88 bits per heavy atom. The number of urea groups is 1. The van der Waals surface area contributed by atoms with Gasteiger partial charge in [0.2, 0.25) is 0 Å². The molecule has 7 heteroatoms. The van der Waals surface area contributed by atoms with Crippen molar-refractivity contribution in [1.29, 1.82) is 0 Å². The van der Waals surface area contributed by atoms with Gasteiger partial charge in [0.05, 0.1) is 13.2 Å². The zero-order valence-corrected chi connectivity index (χ0v) is 19.2. The zero-order chi connectivity index (χ0) is 23.1. The highest BCUT2D eigenvalue weighted by Crippen LogP contribution is 2.26. The molecule has 0 bridgehead atoms. The smallest absolute Gasteiger partial charge is 0.318 e. The first kappa shape index (κ1) is 23.9. The molecule has 2 N–H and O–H groups in total. The molecule has 1 saturated heterocycles. The minimum absolute atomic E-state index is 0.0856. The van der Waals surface area contributed by atoms with Gasteiger partial charge in [-0.05, 0) is 68.7 Å². The van der Waals surface area contributed by atoms with E-state index in [-0.39, 0.29) is 30.2 Å². The second-order valence-corrected chi connectivity index (χ2v) is 9.00. The van der Waals surface area contributed by atoms with Crippen LogP contribution >= 0.6 is 0 Å². The largest absolute Gasteiger partial charge is 0.507 e. The maximum atomic E-state index is 13.3. The Kier molecular flexibility index (Phi) is 8.33. The standard InChI is InChI=1S/C25H34FN3O3/c1-18(2)17-32-23-9-6-20(24(30)14-23)16-29(15-19-4-7-21(26)8-5-19)25(31)27-22-10-12-28(3)13-11-22/h4-9,14,18,22,30H,10-13,15-17H2,1-3H3,(H,27,31). The number of ether oxygens (including phenoxy) is 1. The van der Waals surface area contributed by atoms with Crippen molar-refractivity contribution in [1.82, 2.24) is 15.1 Å². The lowest BCUT2D eigenvalue weighted by Crippen LogP contribution is -2.48. The molecule has 0 atom stereocenters. The quantitative estimate of drug-likeness (QED) is 0.636. The van der Waals surface area contributed by atoms with E-state index in [9.17, 15) is 14.3 Å². The van der Waals surface area contributed by atoms with E-state index in [0.29, 0.717) is 30.4 Å². The van der Waals surface area contributed by atoms with Crippen LogP contribution in [0.4, 0.5) is 9.18 Å². The van der Waals surface area contributed by atoms with E-state index < -0.39 is 0 Å². The van der Waals surface area contributed by atoms with Crippen molar-refractivity contribution in [3.8, 4) is 11.5 Å². The second-order valence-electron chi connectivity index (χ2n) is 9.00.